The highest BCUT2D eigenvalue weighted by atomic mass is 35.5. The largest absolute Gasteiger partial charge is 0.395 e. The van der Waals surface area contributed by atoms with Gasteiger partial charge in [-0.05, 0) is 46.9 Å². The van der Waals surface area contributed by atoms with Crippen molar-refractivity contribution in [2.24, 2.45) is 0 Å². The number of rotatable bonds is 6. The summed E-state index contributed by atoms with van der Waals surface area (Å²) in [5.41, 5.74) is 1.36. The molecular formula is C15H17ClO2S. The number of thiophene rings is 1. The van der Waals surface area contributed by atoms with Crippen LogP contribution in [0.15, 0.2) is 41.1 Å². The van der Waals surface area contributed by atoms with Gasteiger partial charge in [0, 0.05) is 10.4 Å². The maximum absolute atomic E-state index is 9.77. The van der Waals surface area contributed by atoms with Gasteiger partial charge in [0.25, 0.3) is 0 Å². The Kier molecular flexibility index (Phi) is 4.99. The Morgan fingerprint density at radius 1 is 1.11 bits per heavy atom. The molecule has 19 heavy (non-hydrogen) atoms. The molecule has 2 aromatic rings. The van der Waals surface area contributed by atoms with Crippen LogP contribution in [-0.2, 0) is 11.8 Å². The minimum absolute atomic E-state index is 0.114. The van der Waals surface area contributed by atoms with Crippen molar-refractivity contribution in [3.63, 3.8) is 0 Å². The monoisotopic (exact) mass is 296 g/mol. The van der Waals surface area contributed by atoms with E-state index in [0.717, 1.165) is 12.0 Å². The Morgan fingerprint density at radius 3 is 2.42 bits per heavy atom. The molecule has 1 aromatic carbocycles. The molecule has 0 radical (unpaired) electrons. The van der Waals surface area contributed by atoms with E-state index in [1.807, 2.05) is 23.6 Å². The van der Waals surface area contributed by atoms with E-state index in [1.54, 1.807) is 17.4 Å². The highest BCUT2D eigenvalue weighted by molar-refractivity contribution is 7.07. The van der Waals surface area contributed by atoms with Crippen LogP contribution in [0, 0.1) is 0 Å². The first-order chi connectivity index (χ1) is 9.22. The fraction of sp³-hybridized carbons (Fsp3) is 0.333. The van der Waals surface area contributed by atoms with Gasteiger partial charge in [-0.15, -0.1) is 0 Å². The van der Waals surface area contributed by atoms with Crippen LogP contribution >= 0.6 is 22.9 Å². The van der Waals surface area contributed by atoms with E-state index in [2.05, 4.69) is 11.4 Å². The molecule has 0 atom stereocenters. The van der Waals surface area contributed by atoms with E-state index in [0.29, 0.717) is 11.4 Å². The highest BCUT2D eigenvalue weighted by Crippen LogP contribution is 2.34. The van der Waals surface area contributed by atoms with Gasteiger partial charge < -0.3 is 10.2 Å². The average molecular weight is 297 g/mol. The number of halogens is 1. The molecule has 0 saturated carbocycles. The van der Waals surface area contributed by atoms with Crippen LogP contribution in [0.25, 0.3) is 0 Å². The molecule has 0 saturated heterocycles. The van der Waals surface area contributed by atoms with E-state index < -0.39 is 5.41 Å². The summed E-state index contributed by atoms with van der Waals surface area (Å²) in [5, 5.41) is 24.2. The molecule has 4 heteroatoms. The van der Waals surface area contributed by atoms with E-state index in [1.165, 1.54) is 5.56 Å². The van der Waals surface area contributed by atoms with Gasteiger partial charge in [0.05, 0.1) is 13.2 Å². The predicted octanol–water partition coefficient (Wildman–Crippen LogP) is 3.26. The molecule has 0 fully saturated rings. The van der Waals surface area contributed by atoms with Crippen LogP contribution in [0.3, 0.4) is 0 Å². The topological polar surface area (TPSA) is 40.5 Å². The van der Waals surface area contributed by atoms with E-state index in [9.17, 15) is 10.2 Å². The van der Waals surface area contributed by atoms with Crippen molar-refractivity contribution in [2.75, 3.05) is 13.2 Å². The Bertz CT molecular complexity index is 507. The molecule has 1 heterocycles. The molecule has 102 valence electrons. The summed E-state index contributed by atoms with van der Waals surface area (Å²) >= 11 is 7.86. The molecule has 2 nitrogen and oxygen atoms in total. The van der Waals surface area contributed by atoms with Crippen molar-refractivity contribution in [2.45, 2.75) is 18.3 Å². The van der Waals surface area contributed by atoms with E-state index >= 15 is 0 Å². The molecule has 0 amide bonds. The van der Waals surface area contributed by atoms with Crippen molar-refractivity contribution in [3.05, 3.63) is 57.2 Å². The third kappa shape index (κ3) is 3.18. The number of aryl methyl sites for hydroxylation is 1. The molecule has 2 N–H and O–H groups in total. The maximum atomic E-state index is 9.77. The van der Waals surface area contributed by atoms with Crippen molar-refractivity contribution in [3.8, 4) is 0 Å². The number of aliphatic hydroxyl groups is 2. The fourth-order valence-electron chi connectivity index (χ4n) is 2.22. The molecule has 0 aliphatic heterocycles. The SMILES string of the molecule is OCC(CO)(CCc1ccsc1)c1ccccc1Cl. The predicted molar refractivity (Wildman–Crippen MR) is 79.9 cm³/mol. The lowest BCUT2D eigenvalue weighted by atomic mass is 9.77. The van der Waals surface area contributed by atoms with Crippen molar-refractivity contribution >= 4 is 22.9 Å². The zero-order valence-electron chi connectivity index (χ0n) is 10.6. The summed E-state index contributed by atoms with van der Waals surface area (Å²) in [6, 6.07) is 9.47. The third-order valence-electron chi connectivity index (χ3n) is 3.52. The molecule has 2 rings (SSSR count). The van der Waals surface area contributed by atoms with Crippen LogP contribution in [0.2, 0.25) is 5.02 Å². The lowest BCUT2D eigenvalue weighted by molar-refractivity contribution is 0.109. The molecule has 0 aliphatic carbocycles. The number of hydrogen-bond acceptors (Lipinski definition) is 3. The molecule has 0 aliphatic rings. The first-order valence-electron chi connectivity index (χ1n) is 6.20. The lowest BCUT2D eigenvalue weighted by Gasteiger charge is -2.31. The van der Waals surface area contributed by atoms with Gasteiger partial charge in [0.2, 0.25) is 0 Å². The van der Waals surface area contributed by atoms with Crippen molar-refractivity contribution < 1.29 is 10.2 Å². The summed E-state index contributed by atoms with van der Waals surface area (Å²) in [7, 11) is 0. The molecule has 0 bridgehead atoms. The number of aliphatic hydroxyl groups excluding tert-OH is 2. The van der Waals surface area contributed by atoms with Crippen LogP contribution in [0.1, 0.15) is 17.5 Å². The van der Waals surface area contributed by atoms with Gasteiger partial charge in [-0.25, -0.2) is 0 Å². The Labute approximate surface area is 122 Å². The zero-order valence-corrected chi connectivity index (χ0v) is 12.1. The van der Waals surface area contributed by atoms with Crippen LogP contribution in [0.5, 0.6) is 0 Å². The first-order valence-corrected chi connectivity index (χ1v) is 7.52. The summed E-state index contributed by atoms with van der Waals surface area (Å²) in [6.45, 7) is -0.227. The quantitative estimate of drug-likeness (QED) is 0.859. The Balaban J connectivity index is 2.24. The minimum atomic E-state index is -0.680. The number of benzene rings is 1. The van der Waals surface area contributed by atoms with Gasteiger partial charge in [0.15, 0.2) is 0 Å². The Hall–Kier alpha value is -0.870. The average Bonchev–Trinajstić information content (AvgIpc) is 2.95. The summed E-state index contributed by atoms with van der Waals surface area (Å²) in [4.78, 5) is 0. The molecule has 0 unspecified atom stereocenters. The van der Waals surface area contributed by atoms with E-state index in [4.69, 9.17) is 11.6 Å². The Morgan fingerprint density at radius 2 is 1.84 bits per heavy atom. The van der Waals surface area contributed by atoms with Gasteiger partial charge in [-0.3, -0.25) is 0 Å². The highest BCUT2D eigenvalue weighted by Gasteiger charge is 2.32. The first kappa shape index (κ1) is 14.5. The van der Waals surface area contributed by atoms with Gasteiger partial charge >= 0.3 is 0 Å². The maximum Gasteiger partial charge on any atom is 0.0550 e. The van der Waals surface area contributed by atoms with Gasteiger partial charge in [-0.1, -0.05) is 29.8 Å². The molecular weight excluding hydrogens is 280 g/mol. The van der Waals surface area contributed by atoms with Crippen molar-refractivity contribution in [1.82, 2.24) is 0 Å². The zero-order chi connectivity index (χ0) is 13.7. The molecule has 0 spiro atoms. The second-order valence-electron chi connectivity index (χ2n) is 4.71. The summed E-state index contributed by atoms with van der Waals surface area (Å²) in [5.74, 6) is 0. The standard InChI is InChI=1S/C15H17ClO2S/c16-14-4-2-1-3-13(14)15(10-17,11-18)7-5-12-6-8-19-9-12/h1-4,6,8-9,17-18H,5,7,10-11H2. The normalized spacial score (nSPS) is 11.7. The van der Waals surface area contributed by atoms with Crippen LogP contribution < -0.4 is 0 Å². The lowest BCUT2D eigenvalue weighted by Crippen LogP contribution is -2.35. The molecule has 1 aromatic heterocycles. The summed E-state index contributed by atoms with van der Waals surface area (Å²) < 4.78 is 0. The van der Waals surface area contributed by atoms with Gasteiger partial charge in [-0.2, -0.15) is 11.3 Å². The third-order valence-corrected chi connectivity index (χ3v) is 4.58. The smallest absolute Gasteiger partial charge is 0.0550 e. The van der Waals surface area contributed by atoms with Crippen molar-refractivity contribution in [1.29, 1.82) is 0 Å². The fourth-order valence-corrected chi connectivity index (χ4v) is 3.26. The van der Waals surface area contributed by atoms with Crippen LogP contribution in [-0.4, -0.2) is 23.4 Å². The summed E-state index contributed by atoms with van der Waals surface area (Å²) in [6.07, 6.45) is 1.48. The second-order valence-corrected chi connectivity index (χ2v) is 5.90. The van der Waals surface area contributed by atoms with E-state index in [-0.39, 0.29) is 13.2 Å². The van der Waals surface area contributed by atoms with Crippen LogP contribution in [0.4, 0.5) is 0 Å². The minimum Gasteiger partial charge on any atom is -0.395 e. The number of hydrogen-bond donors (Lipinski definition) is 2. The second kappa shape index (κ2) is 6.53. The van der Waals surface area contributed by atoms with Gasteiger partial charge in [0.1, 0.15) is 0 Å².